The molecule has 3 aromatic rings. The Morgan fingerprint density at radius 2 is 2.04 bits per heavy atom. The molecule has 0 atom stereocenters. The summed E-state index contributed by atoms with van der Waals surface area (Å²) in [5.41, 5.74) is 3.30. The van der Waals surface area contributed by atoms with E-state index in [0.29, 0.717) is 18.1 Å². The van der Waals surface area contributed by atoms with Crippen molar-refractivity contribution >= 4 is 5.91 Å². The number of hydrogen-bond donors (Lipinski definition) is 0. The fraction of sp³-hybridized carbons (Fsp3) is 0.176. The smallest absolute Gasteiger partial charge is 0.270 e. The standard InChI is InChI=1S/C17H15N5O/c1-11-13(5-3-7-18-11)15-19-9-12-10-21(2)17(23)14-6-4-8-22(14)16(12)20-15/h3-9H,10H2,1-2H3. The average molecular weight is 305 g/mol. The second-order valence-corrected chi connectivity index (χ2v) is 5.60. The quantitative estimate of drug-likeness (QED) is 0.691. The van der Waals surface area contributed by atoms with Gasteiger partial charge in [-0.3, -0.25) is 14.3 Å². The highest BCUT2D eigenvalue weighted by Gasteiger charge is 2.25. The molecule has 6 heteroatoms. The van der Waals surface area contributed by atoms with Gasteiger partial charge in [0.1, 0.15) is 11.5 Å². The largest absolute Gasteiger partial charge is 0.336 e. The zero-order chi connectivity index (χ0) is 16.0. The molecular formula is C17H15N5O. The van der Waals surface area contributed by atoms with E-state index >= 15 is 0 Å². The zero-order valence-corrected chi connectivity index (χ0v) is 12.9. The molecule has 0 radical (unpaired) electrons. The molecule has 3 aromatic heterocycles. The van der Waals surface area contributed by atoms with Crippen molar-refractivity contribution in [3.63, 3.8) is 0 Å². The van der Waals surface area contributed by atoms with Gasteiger partial charge in [-0.25, -0.2) is 9.97 Å². The molecule has 23 heavy (non-hydrogen) atoms. The third-order valence-corrected chi connectivity index (χ3v) is 4.04. The highest BCUT2D eigenvalue weighted by Crippen LogP contribution is 2.25. The number of aryl methyl sites for hydroxylation is 1. The minimum Gasteiger partial charge on any atom is -0.336 e. The molecule has 114 valence electrons. The lowest BCUT2D eigenvalue weighted by atomic mass is 10.2. The van der Waals surface area contributed by atoms with Gasteiger partial charge in [0.05, 0.1) is 6.54 Å². The minimum absolute atomic E-state index is 0.0212. The first-order valence-electron chi connectivity index (χ1n) is 7.36. The molecule has 0 bridgehead atoms. The second kappa shape index (κ2) is 5.01. The fourth-order valence-corrected chi connectivity index (χ4v) is 2.83. The molecule has 0 unspecified atom stereocenters. The number of pyridine rings is 1. The van der Waals surface area contributed by atoms with Crippen LogP contribution in [0.1, 0.15) is 21.7 Å². The van der Waals surface area contributed by atoms with Gasteiger partial charge in [-0.15, -0.1) is 0 Å². The fourth-order valence-electron chi connectivity index (χ4n) is 2.83. The first-order chi connectivity index (χ1) is 11.1. The van der Waals surface area contributed by atoms with E-state index in [1.807, 2.05) is 42.0 Å². The molecule has 1 aliphatic heterocycles. The van der Waals surface area contributed by atoms with E-state index in [1.165, 1.54) is 0 Å². The Morgan fingerprint density at radius 3 is 2.87 bits per heavy atom. The van der Waals surface area contributed by atoms with Crippen LogP contribution in [0.15, 0.2) is 42.9 Å². The number of hydrogen-bond acceptors (Lipinski definition) is 4. The molecular weight excluding hydrogens is 290 g/mol. The summed E-state index contributed by atoms with van der Waals surface area (Å²) in [6.07, 6.45) is 5.40. The van der Waals surface area contributed by atoms with Crippen molar-refractivity contribution in [2.24, 2.45) is 0 Å². The monoisotopic (exact) mass is 305 g/mol. The molecule has 1 amide bonds. The minimum atomic E-state index is -0.0212. The molecule has 4 rings (SSSR count). The average Bonchev–Trinajstić information content (AvgIpc) is 3.01. The van der Waals surface area contributed by atoms with Crippen LogP contribution in [0.3, 0.4) is 0 Å². The summed E-state index contributed by atoms with van der Waals surface area (Å²) in [7, 11) is 1.79. The van der Waals surface area contributed by atoms with Crippen molar-refractivity contribution in [3.8, 4) is 17.2 Å². The second-order valence-electron chi connectivity index (χ2n) is 5.60. The predicted molar refractivity (Wildman–Crippen MR) is 85.1 cm³/mol. The van der Waals surface area contributed by atoms with Crippen LogP contribution in [0, 0.1) is 6.92 Å². The summed E-state index contributed by atoms with van der Waals surface area (Å²) in [6, 6.07) is 7.49. The van der Waals surface area contributed by atoms with E-state index < -0.39 is 0 Å². The summed E-state index contributed by atoms with van der Waals surface area (Å²) in [5.74, 6) is 1.34. The molecule has 0 N–H and O–H groups in total. The van der Waals surface area contributed by atoms with Crippen LogP contribution in [-0.2, 0) is 6.54 Å². The molecule has 0 aromatic carbocycles. The number of fused-ring (bicyclic) bond motifs is 3. The molecule has 6 nitrogen and oxygen atoms in total. The van der Waals surface area contributed by atoms with Crippen LogP contribution in [0.25, 0.3) is 17.2 Å². The number of carbonyl (C=O) groups is 1. The first-order valence-corrected chi connectivity index (χ1v) is 7.36. The van der Waals surface area contributed by atoms with Gasteiger partial charge in [-0.1, -0.05) is 0 Å². The van der Waals surface area contributed by atoms with Gasteiger partial charge in [0.25, 0.3) is 5.91 Å². The van der Waals surface area contributed by atoms with E-state index in [4.69, 9.17) is 4.98 Å². The Hall–Kier alpha value is -3.02. The summed E-state index contributed by atoms with van der Waals surface area (Å²) < 4.78 is 1.83. The molecule has 4 heterocycles. The van der Waals surface area contributed by atoms with Crippen LogP contribution >= 0.6 is 0 Å². The first kappa shape index (κ1) is 13.6. The summed E-state index contributed by atoms with van der Waals surface area (Å²) in [4.78, 5) is 27.6. The molecule has 0 saturated carbocycles. The van der Waals surface area contributed by atoms with E-state index in [1.54, 1.807) is 24.3 Å². The maximum absolute atomic E-state index is 12.4. The van der Waals surface area contributed by atoms with Gasteiger partial charge in [0.2, 0.25) is 0 Å². The van der Waals surface area contributed by atoms with Crippen molar-refractivity contribution in [1.29, 1.82) is 0 Å². The summed E-state index contributed by atoms with van der Waals surface area (Å²) >= 11 is 0. The lowest BCUT2D eigenvalue weighted by Crippen LogP contribution is -2.25. The highest BCUT2D eigenvalue weighted by molar-refractivity contribution is 5.93. The van der Waals surface area contributed by atoms with Crippen LogP contribution in [0.2, 0.25) is 0 Å². The predicted octanol–water partition coefficient (Wildman–Crippen LogP) is 2.22. The van der Waals surface area contributed by atoms with Crippen LogP contribution < -0.4 is 0 Å². The number of amides is 1. The van der Waals surface area contributed by atoms with Crippen molar-refractivity contribution < 1.29 is 4.79 Å². The third kappa shape index (κ3) is 2.11. The Balaban J connectivity index is 1.94. The van der Waals surface area contributed by atoms with Gasteiger partial charge >= 0.3 is 0 Å². The maximum Gasteiger partial charge on any atom is 0.270 e. The van der Waals surface area contributed by atoms with Gasteiger partial charge in [-0.05, 0) is 31.2 Å². The highest BCUT2D eigenvalue weighted by atomic mass is 16.2. The van der Waals surface area contributed by atoms with E-state index in [-0.39, 0.29) is 5.91 Å². The Labute approximate surface area is 133 Å². The third-order valence-electron chi connectivity index (χ3n) is 4.04. The number of aromatic nitrogens is 4. The topological polar surface area (TPSA) is 63.9 Å². The number of carbonyl (C=O) groups excluding carboxylic acids is 1. The van der Waals surface area contributed by atoms with Crippen molar-refractivity contribution in [1.82, 2.24) is 24.4 Å². The van der Waals surface area contributed by atoms with Gasteiger partial charge in [0, 0.05) is 42.5 Å². The zero-order valence-electron chi connectivity index (χ0n) is 12.9. The summed E-state index contributed by atoms with van der Waals surface area (Å²) in [6.45, 7) is 2.42. The Bertz CT molecular complexity index is 915. The molecule has 0 fully saturated rings. The van der Waals surface area contributed by atoms with Gasteiger partial charge in [0.15, 0.2) is 5.82 Å². The van der Waals surface area contributed by atoms with Crippen molar-refractivity contribution in [2.45, 2.75) is 13.5 Å². The van der Waals surface area contributed by atoms with Crippen molar-refractivity contribution in [2.75, 3.05) is 7.05 Å². The van der Waals surface area contributed by atoms with E-state index in [9.17, 15) is 4.79 Å². The Kier molecular flexibility index (Phi) is 2.97. The van der Waals surface area contributed by atoms with Gasteiger partial charge in [-0.2, -0.15) is 0 Å². The summed E-state index contributed by atoms with van der Waals surface area (Å²) in [5, 5.41) is 0. The lowest BCUT2D eigenvalue weighted by Gasteiger charge is -2.13. The SMILES string of the molecule is Cc1ncccc1-c1ncc2c(n1)-n1cccc1C(=O)N(C)C2. The number of nitrogens with zero attached hydrogens (tertiary/aromatic N) is 5. The maximum atomic E-state index is 12.4. The van der Waals surface area contributed by atoms with Crippen molar-refractivity contribution in [3.05, 3.63) is 59.8 Å². The molecule has 0 saturated heterocycles. The van der Waals surface area contributed by atoms with Crippen LogP contribution in [-0.4, -0.2) is 37.4 Å². The van der Waals surface area contributed by atoms with Crippen LogP contribution in [0.5, 0.6) is 0 Å². The normalized spacial score (nSPS) is 13.5. The number of rotatable bonds is 1. The van der Waals surface area contributed by atoms with Crippen LogP contribution in [0.4, 0.5) is 0 Å². The lowest BCUT2D eigenvalue weighted by molar-refractivity contribution is 0.0782. The van der Waals surface area contributed by atoms with Gasteiger partial charge < -0.3 is 4.90 Å². The Morgan fingerprint density at radius 1 is 1.17 bits per heavy atom. The molecule has 1 aliphatic rings. The molecule has 0 spiro atoms. The van der Waals surface area contributed by atoms with E-state index in [2.05, 4.69) is 9.97 Å². The molecule has 0 aliphatic carbocycles. The van der Waals surface area contributed by atoms with E-state index in [0.717, 1.165) is 22.6 Å².